The fourth-order valence-corrected chi connectivity index (χ4v) is 3.04. The number of nitrogens with one attached hydrogen (secondary N) is 1. The minimum Gasteiger partial charge on any atom is -0.493 e. The van der Waals surface area contributed by atoms with Crippen LogP contribution in [0.15, 0.2) is 65.8 Å². The van der Waals surface area contributed by atoms with Gasteiger partial charge in [-0.3, -0.25) is 4.79 Å². The van der Waals surface area contributed by atoms with E-state index in [4.69, 9.17) is 23.7 Å². The van der Waals surface area contributed by atoms with Gasteiger partial charge in [0.1, 0.15) is 5.75 Å². The van der Waals surface area contributed by atoms with Gasteiger partial charge in [0.15, 0.2) is 29.6 Å². The highest BCUT2D eigenvalue weighted by molar-refractivity contribution is 5.92. The average Bonchev–Trinajstić information content (AvgIpc) is 2.88. The smallest absolute Gasteiger partial charge is 0.343 e. The molecule has 0 aliphatic carbocycles. The van der Waals surface area contributed by atoms with Crippen molar-refractivity contribution in [2.45, 2.75) is 6.92 Å². The maximum absolute atomic E-state index is 12.6. The monoisotopic (exact) mass is 478 g/mol. The van der Waals surface area contributed by atoms with Gasteiger partial charge in [0.05, 0.1) is 33.1 Å². The molecule has 1 N–H and O–H groups in total. The molecule has 0 saturated carbocycles. The molecule has 0 saturated heterocycles. The van der Waals surface area contributed by atoms with Gasteiger partial charge in [0.2, 0.25) is 0 Å². The van der Waals surface area contributed by atoms with E-state index in [1.165, 1.54) is 33.6 Å². The van der Waals surface area contributed by atoms with Gasteiger partial charge in [-0.1, -0.05) is 18.2 Å². The van der Waals surface area contributed by atoms with E-state index < -0.39 is 11.9 Å². The summed E-state index contributed by atoms with van der Waals surface area (Å²) in [6, 6.07) is 17.0. The summed E-state index contributed by atoms with van der Waals surface area (Å²) in [5.74, 6) is 1.08. The van der Waals surface area contributed by atoms with Gasteiger partial charge in [-0.25, -0.2) is 10.2 Å². The Morgan fingerprint density at radius 3 is 2.23 bits per heavy atom. The lowest BCUT2D eigenvalue weighted by Gasteiger charge is -2.11. The van der Waals surface area contributed by atoms with Crippen LogP contribution in [0.4, 0.5) is 0 Å². The average molecular weight is 479 g/mol. The second kappa shape index (κ2) is 12.1. The molecule has 3 aromatic carbocycles. The van der Waals surface area contributed by atoms with Crippen molar-refractivity contribution in [2.75, 3.05) is 27.9 Å². The Kier molecular flexibility index (Phi) is 8.66. The number of methoxy groups -OCH3 is 3. The number of hydrogen-bond acceptors (Lipinski definition) is 8. The summed E-state index contributed by atoms with van der Waals surface area (Å²) in [6.45, 7) is 1.73. The van der Waals surface area contributed by atoms with E-state index in [-0.39, 0.29) is 17.9 Å². The van der Waals surface area contributed by atoms with Gasteiger partial charge in [0.25, 0.3) is 5.91 Å². The van der Waals surface area contributed by atoms with E-state index >= 15 is 0 Å². The molecule has 0 heterocycles. The first-order chi connectivity index (χ1) is 16.9. The van der Waals surface area contributed by atoms with Gasteiger partial charge in [-0.05, 0) is 60.5 Å². The topological polar surface area (TPSA) is 105 Å². The second-order valence-electron chi connectivity index (χ2n) is 7.22. The fourth-order valence-electron chi connectivity index (χ4n) is 3.04. The maximum Gasteiger partial charge on any atom is 0.343 e. The first-order valence-corrected chi connectivity index (χ1v) is 10.6. The van der Waals surface area contributed by atoms with Crippen molar-refractivity contribution in [3.8, 4) is 28.7 Å². The van der Waals surface area contributed by atoms with Crippen LogP contribution in [0.1, 0.15) is 21.5 Å². The lowest BCUT2D eigenvalue weighted by Crippen LogP contribution is -2.24. The Hall–Kier alpha value is -4.53. The van der Waals surface area contributed by atoms with Crippen LogP contribution in [-0.2, 0) is 4.79 Å². The van der Waals surface area contributed by atoms with Crippen LogP contribution in [0.3, 0.4) is 0 Å². The Morgan fingerprint density at radius 1 is 0.829 bits per heavy atom. The zero-order valence-electron chi connectivity index (χ0n) is 19.9. The first kappa shape index (κ1) is 25.1. The van der Waals surface area contributed by atoms with Crippen LogP contribution in [0.25, 0.3) is 0 Å². The fraction of sp³-hybridized carbons (Fsp3) is 0.192. The Balaban J connectivity index is 1.60. The highest BCUT2D eigenvalue weighted by Gasteiger charge is 2.15. The van der Waals surface area contributed by atoms with E-state index in [1.54, 1.807) is 36.4 Å². The van der Waals surface area contributed by atoms with Crippen molar-refractivity contribution >= 4 is 18.1 Å². The van der Waals surface area contributed by atoms with Crippen molar-refractivity contribution < 1.29 is 33.3 Å². The van der Waals surface area contributed by atoms with Crippen LogP contribution >= 0.6 is 0 Å². The zero-order chi connectivity index (χ0) is 25.2. The summed E-state index contributed by atoms with van der Waals surface area (Å²) >= 11 is 0. The molecule has 0 radical (unpaired) electrons. The molecule has 0 aromatic heterocycles. The molecule has 0 aliphatic rings. The zero-order valence-corrected chi connectivity index (χ0v) is 19.9. The SMILES string of the molecule is COc1ccc(C(=O)Oc2ccc(/C=N/NC(=O)COc3ccccc3C)cc2OC)cc1OC. The number of hydrogen-bond donors (Lipinski definition) is 1. The van der Waals surface area contributed by atoms with Gasteiger partial charge in [0, 0.05) is 0 Å². The number of carbonyl (C=O) groups is 2. The van der Waals surface area contributed by atoms with Crippen LogP contribution in [0.5, 0.6) is 28.7 Å². The number of aryl methyl sites for hydroxylation is 1. The molecule has 0 bridgehead atoms. The normalized spacial score (nSPS) is 10.5. The minimum atomic E-state index is -0.591. The molecule has 9 nitrogen and oxygen atoms in total. The van der Waals surface area contributed by atoms with Crippen LogP contribution < -0.4 is 29.1 Å². The highest BCUT2D eigenvalue weighted by Crippen LogP contribution is 2.31. The number of para-hydroxylation sites is 1. The molecule has 3 aromatic rings. The van der Waals surface area contributed by atoms with Gasteiger partial charge in [-0.2, -0.15) is 5.10 Å². The Morgan fingerprint density at radius 2 is 1.51 bits per heavy atom. The number of amides is 1. The molecular weight excluding hydrogens is 452 g/mol. The van der Waals surface area contributed by atoms with Crippen molar-refractivity contribution in [1.29, 1.82) is 0 Å². The van der Waals surface area contributed by atoms with E-state index in [0.29, 0.717) is 28.6 Å². The summed E-state index contributed by atoms with van der Waals surface area (Å²) in [7, 11) is 4.45. The Labute approximate surface area is 203 Å². The maximum atomic E-state index is 12.6. The molecule has 0 aliphatic heterocycles. The first-order valence-electron chi connectivity index (χ1n) is 10.6. The van der Waals surface area contributed by atoms with E-state index in [0.717, 1.165) is 5.56 Å². The van der Waals surface area contributed by atoms with Crippen molar-refractivity contribution in [3.63, 3.8) is 0 Å². The van der Waals surface area contributed by atoms with Gasteiger partial charge >= 0.3 is 5.97 Å². The molecule has 35 heavy (non-hydrogen) atoms. The number of esters is 1. The predicted octanol–water partition coefficient (Wildman–Crippen LogP) is 3.77. The largest absolute Gasteiger partial charge is 0.493 e. The van der Waals surface area contributed by atoms with Crippen LogP contribution in [0.2, 0.25) is 0 Å². The molecule has 1 amide bonds. The molecule has 182 valence electrons. The Bertz CT molecular complexity index is 1220. The molecule has 0 unspecified atom stereocenters. The summed E-state index contributed by atoms with van der Waals surface area (Å²) in [4.78, 5) is 24.6. The highest BCUT2D eigenvalue weighted by atomic mass is 16.6. The van der Waals surface area contributed by atoms with Gasteiger partial charge in [-0.15, -0.1) is 0 Å². The summed E-state index contributed by atoms with van der Waals surface area (Å²) in [6.07, 6.45) is 1.44. The molecule has 0 spiro atoms. The summed E-state index contributed by atoms with van der Waals surface area (Å²) in [5.41, 5.74) is 4.24. The number of benzene rings is 3. The summed E-state index contributed by atoms with van der Waals surface area (Å²) < 4.78 is 26.7. The molecule has 3 rings (SSSR count). The van der Waals surface area contributed by atoms with Crippen molar-refractivity contribution in [3.05, 3.63) is 77.4 Å². The number of rotatable bonds is 10. The van der Waals surface area contributed by atoms with Crippen LogP contribution in [0, 0.1) is 6.92 Å². The number of hydrazone groups is 1. The number of ether oxygens (including phenoxy) is 5. The number of carbonyl (C=O) groups excluding carboxylic acids is 2. The minimum absolute atomic E-state index is 0.170. The third-order valence-electron chi connectivity index (χ3n) is 4.86. The molecule has 0 fully saturated rings. The number of nitrogens with zero attached hydrogens (tertiary/aromatic N) is 1. The van der Waals surface area contributed by atoms with Gasteiger partial charge < -0.3 is 23.7 Å². The molecular formula is C26H26N2O7. The third-order valence-corrected chi connectivity index (χ3v) is 4.86. The molecule has 0 atom stereocenters. The van der Waals surface area contributed by atoms with E-state index in [2.05, 4.69) is 10.5 Å². The molecule has 9 heteroatoms. The van der Waals surface area contributed by atoms with E-state index in [1.807, 2.05) is 25.1 Å². The second-order valence-corrected chi connectivity index (χ2v) is 7.22. The third kappa shape index (κ3) is 6.73. The van der Waals surface area contributed by atoms with Crippen LogP contribution in [-0.4, -0.2) is 46.0 Å². The lowest BCUT2D eigenvalue weighted by atomic mass is 10.2. The van der Waals surface area contributed by atoms with E-state index in [9.17, 15) is 9.59 Å². The predicted molar refractivity (Wildman–Crippen MR) is 130 cm³/mol. The standard InChI is InChI=1S/C26H26N2O7/c1-17-7-5-6-8-20(17)34-16-25(29)28-27-15-18-9-11-22(23(13-18)32-3)35-26(30)19-10-12-21(31-2)24(14-19)33-4/h5-15H,16H2,1-4H3,(H,28,29)/b27-15+. The lowest BCUT2D eigenvalue weighted by molar-refractivity contribution is -0.123. The summed E-state index contributed by atoms with van der Waals surface area (Å²) in [5, 5.41) is 3.93. The quantitative estimate of drug-likeness (QED) is 0.205. The van der Waals surface area contributed by atoms with Crippen molar-refractivity contribution in [2.24, 2.45) is 5.10 Å². The van der Waals surface area contributed by atoms with Crippen molar-refractivity contribution in [1.82, 2.24) is 5.43 Å².